The van der Waals surface area contributed by atoms with Crippen molar-refractivity contribution in [3.63, 3.8) is 0 Å². The molecule has 0 unspecified atom stereocenters. The van der Waals surface area contributed by atoms with E-state index in [2.05, 4.69) is 34.3 Å². The lowest BCUT2D eigenvalue weighted by atomic mass is 10.2. The van der Waals surface area contributed by atoms with Crippen molar-refractivity contribution in [2.45, 2.75) is 13.5 Å². The van der Waals surface area contributed by atoms with Crippen LogP contribution in [-0.2, 0) is 6.54 Å². The monoisotopic (exact) mass is 281 g/mol. The van der Waals surface area contributed by atoms with Crippen LogP contribution in [0.1, 0.15) is 11.1 Å². The molecule has 21 heavy (non-hydrogen) atoms. The van der Waals surface area contributed by atoms with Crippen LogP contribution in [0.2, 0.25) is 0 Å². The van der Waals surface area contributed by atoms with Gasteiger partial charge in [0.25, 0.3) is 0 Å². The highest BCUT2D eigenvalue weighted by Crippen LogP contribution is 2.15. The topological polar surface area (TPSA) is 49.9 Å². The third kappa shape index (κ3) is 3.41. The van der Waals surface area contributed by atoms with E-state index >= 15 is 0 Å². The van der Waals surface area contributed by atoms with Crippen LogP contribution in [0.3, 0.4) is 0 Å². The molecule has 4 heteroatoms. The number of aromatic nitrogens is 2. The Morgan fingerprint density at radius 3 is 3.10 bits per heavy atom. The molecule has 2 aromatic heterocycles. The molecule has 1 aromatic carbocycles. The molecular formula is C17H19N3O. The summed E-state index contributed by atoms with van der Waals surface area (Å²) in [4.78, 5) is 7.46. The molecular weight excluding hydrogens is 262 g/mol. The fourth-order valence-corrected chi connectivity index (χ4v) is 2.33. The van der Waals surface area contributed by atoms with Gasteiger partial charge in [-0.3, -0.25) is 0 Å². The Bertz CT molecular complexity index is 721. The first kappa shape index (κ1) is 13.6. The molecule has 108 valence electrons. The maximum absolute atomic E-state index is 5.71. The molecule has 0 atom stereocenters. The second kappa shape index (κ2) is 6.41. The van der Waals surface area contributed by atoms with Gasteiger partial charge in [-0.05, 0) is 42.3 Å². The van der Waals surface area contributed by atoms with Gasteiger partial charge in [0, 0.05) is 30.9 Å². The molecule has 3 aromatic rings. The first-order chi connectivity index (χ1) is 10.3. The van der Waals surface area contributed by atoms with E-state index in [4.69, 9.17) is 4.74 Å². The minimum atomic E-state index is 0.657. The molecule has 0 bridgehead atoms. The van der Waals surface area contributed by atoms with Crippen LogP contribution in [0, 0.1) is 6.92 Å². The van der Waals surface area contributed by atoms with Crippen molar-refractivity contribution in [2.75, 3.05) is 13.2 Å². The molecule has 0 radical (unpaired) electrons. The van der Waals surface area contributed by atoms with Gasteiger partial charge in [0.05, 0.1) is 0 Å². The highest BCUT2D eigenvalue weighted by atomic mass is 16.5. The fraction of sp³-hybridized carbons (Fsp3) is 0.235. The maximum Gasteiger partial charge on any atom is 0.137 e. The Hall–Kier alpha value is -2.33. The van der Waals surface area contributed by atoms with Gasteiger partial charge in [-0.2, -0.15) is 0 Å². The zero-order valence-corrected chi connectivity index (χ0v) is 12.1. The summed E-state index contributed by atoms with van der Waals surface area (Å²) in [7, 11) is 0. The SMILES string of the molecule is Cc1cccc(OCCNCc2c[nH]c3ncccc23)c1. The Morgan fingerprint density at radius 2 is 2.19 bits per heavy atom. The number of H-pyrrole nitrogens is 1. The largest absolute Gasteiger partial charge is 0.492 e. The number of aromatic amines is 1. The van der Waals surface area contributed by atoms with E-state index in [1.165, 1.54) is 16.5 Å². The smallest absolute Gasteiger partial charge is 0.137 e. The average Bonchev–Trinajstić information content (AvgIpc) is 2.90. The second-order valence-electron chi connectivity index (χ2n) is 5.06. The lowest BCUT2D eigenvalue weighted by molar-refractivity contribution is 0.313. The number of pyridine rings is 1. The molecule has 4 nitrogen and oxygen atoms in total. The zero-order valence-electron chi connectivity index (χ0n) is 12.1. The third-order valence-electron chi connectivity index (χ3n) is 3.39. The third-order valence-corrected chi connectivity index (χ3v) is 3.39. The Labute approximate surface area is 124 Å². The predicted octanol–water partition coefficient (Wildman–Crippen LogP) is 3.04. The standard InChI is InChI=1S/C17H19N3O/c1-13-4-2-5-15(10-13)21-9-8-18-11-14-12-20-17-16(14)6-3-7-19-17/h2-7,10,12,18H,8-9,11H2,1H3,(H,19,20). The van der Waals surface area contributed by atoms with E-state index < -0.39 is 0 Å². The average molecular weight is 281 g/mol. The van der Waals surface area contributed by atoms with Crippen LogP contribution in [-0.4, -0.2) is 23.1 Å². The van der Waals surface area contributed by atoms with Gasteiger partial charge in [0.15, 0.2) is 0 Å². The minimum Gasteiger partial charge on any atom is -0.492 e. The summed E-state index contributed by atoms with van der Waals surface area (Å²) in [6, 6.07) is 12.1. The number of aryl methyl sites for hydroxylation is 1. The van der Waals surface area contributed by atoms with E-state index in [-0.39, 0.29) is 0 Å². The number of hydrogen-bond donors (Lipinski definition) is 2. The van der Waals surface area contributed by atoms with Gasteiger partial charge in [-0.1, -0.05) is 12.1 Å². The molecule has 0 aliphatic carbocycles. The summed E-state index contributed by atoms with van der Waals surface area (Å²) in [5.41, 5.74) is 3.38. The molecule has 0 fully saturated rings. The van der Waals surface area contributed by atoms with Crippen LogP contribution in [0.15, 0.2) is 48.8 Å². The van der Waals surface area contributed by atoms with E-state index in [1.807, 2.05) is 30.5 Å². The van der Waals surface area contributed by atoms with Crippen LogP contribution in [0.25, 0.3) is 11.0 Å². The summed E-state index contributed by atoms with van der Waals surface area (Å²) < 4.78 is 5.71. The van der Waals surface area contributed by atoms with E-state index in [0.717, 1.165) is 24.5 Å². The summed E-state index contributed by atoms with van der Waals surface area (Å²) in [6.07, 6.45) is 3.80. The molecule has 0 amide bonds. The van der Waals surface area contributed by atoms with Gasteiger partial charge in [-0.25, -0.2) is 4.98 Å². The molecule has 0 aliphatic rings. The Kier molecular flexibility index (Phi) is 4.17. The summed E-state index contributed by atoms with van der Waals surface area (Å²) >= 11 is 0. The lowest BCUT2D eigenvalue weighted by Crippen LogP contribution is -2.20. The highest BCUT2D eigenvalue weighted by Gasteiger charge is 2.02. The number of benzene rings is 1. The van der Waals surface area contributed by atoms with E-state index in [1.54, 1.807) is 6.20 Å². The van der Waals surface area contributed by atoms with Crippen molar-refractivity contribution in [1.82, 2.24) is 15.3 Å². The van der Waals surface area contributed by atoms with Crippen LogP contribution >= 0.6 is 0 Å². The molecule has 0 saturated carbocycles. The number of nitrogens with zero attached hydrogens (tertiary/aromatic N) is 1. The van der Waals surface area contributed by atoms with Crippen LogP contribution in [0.5, 0.6) is 5.75 Å². The number of fused-ring (bicyclic) bond motifs is 1. The summed E-state index contributed by atoms with van der Waals surface area (Å²) in [5.74, 6) is 0.924. The van der Waals surface area contributed by atoms with Crippen molar-refractivity contribution in [3.8, 4) is 5.75 Å². The van der Waals surface area contributed by atoms with Gasteiger partial charge >= 0.3 is 0 Å². The quantitative estimate of drug-likeness (QED) is 0.683. The van der Waals surface area contributed by atoms with Gasteiger partial charge < -0.3 is 15.0 Å². The fourth-order valence-electron chi connectivity index (χ4n) is 2.33. The molecule has 0 saturated heterocycles. The number of nitrogens with one attached hydrogen (secondary N) is 2. The predicted molar refractivity (Wildman–Crippen MR) is 84.5 cm³/mol. The van der Waals surface area contributed by atoms with Crippen molar-refractivity contribution in [1.29, 1.82) is 0 Å². The van der Waals surface area contributed by atoms with Gasteiger partial charge in [0.2, 0.25) is 0 Å². The van der Waals surface area contributed by atoms with Crippen LogP contribution < -0.4 is 10.1 Å². The van der Waals surface area contributed by atoms with Crippen molar-refractivity contribution >= 4 is 11.0 Å². The van der Waals surface area contributed by atoms with Gasteiger partial charge in [0.1, 0.15) is 18.0 Å². The van der Waals surface area contributed by atoms with E-state index in [9.17, 15) is 0 Å². The van der Waals surface area contributed by atoms with Crippen molar-refractivity contribution in [3.05, 3.63) is 59.9 Å². The number of hydrogen-bond acceptors (Lipinski definition) is 3. The first-order valence-electron chi connectivity index (χ1n) is 7.14. The Morgan fingerprint density at radius 1 is 1.24 bits per heavy atom. The zero-order chi connectivity index (χ0) is 14.5. The number of rotatable bonds is 6. The summed E-state index contributed by atoms with van der Waals surface area (Å²) in [6.45, 7) is 4.34. The molecule has 0 aliphatic heterocycles. The highest BCUT2D eigenvalue weighted by molar-refractivity contribution is 5.79. The Balaban J connectivity index is 1.46. The normalized spacial score (nSPS) is 10.9. The second-order valence-corrected chi connectivity index (χ2v) is 5.06. The first-order valence-corrected chi connectivity index (χ1v) is 7.14. The molecule has 3 rings (SSSR count). The maximum atomic E-state index is 5.71. The number of ether oxygens (including phenoxy) is 1. The van der Waals surface area contributed by atoms with Gasteiger partial charge in [-0.15, -0.1) is 0 Å². The van der Waals surface area contributed by atoms with Crippen molar-refractivity contribution < 1.29 is 4.74 Å². The molecule has 2 N–H and O–H groups in total. The van der Waals surface area contributed by atoms with Crippen molar-refractivity contribution in [2.24, 2.45) is 0 Å². The summed E-state index contributed by atoms with van der Waals surface area (Å²) in [5, 5.41) is 4.56. The van der Waals surface area contributed by atoms with Crippen LogP contribution in [0.4, 0.5) is 0 Å². The molecule has 2 heterocycles. The van der Waals surface area contributed by atoms with E-state index in [0.29, 0.717) is 6.61 Å². The molecule has 0 spiro atoms. The minimum absolute atomic E-state index is 0.657. The lowest BCUT2D eigenvalue weighted by Gasteiger charge is -2.07.